The number of carbonyl (C=O) groups excluding carboxylic acids is 1. The van der Waals surface area contributed by atoms with Crippen LogP contribution >= 0.6 is 11.5 Å². The summed E-state index contributed by atoms with van der Waals surface area (Å²) < 4.78 is 14.1. The molecule has 1 N–H and O–H groups in total. The fourth-order valence-corrected chi connectivity index (χ4v) is 3.49. The molecule has 0 bridgehead atoms. The standard InChI is InChI=1S/C22H18N6O5S/c1-32-19(29)10-14-4-8-17(9-5-14)33-22-20(28(30)31)21(24-13-25-22)23-11-15-2-6-16(7-3-15)18-12-34-27-26-18/h2-9,12-13H,10-11H2,1H3,(H,23,24,25). The summed E-state index contributed by atoms with van der Waals surface area (Å²) in [5, 5.41) is 20.6. The van der Waals surface area contributed by atoms with E-state index in [1.54, 1.807) is 24.3 Å². The van der Waals surface area contributed by atoms with Gasteiger partial charge in [0, 0.05) is 17.5 Å². The van der Waals surface area contributed by atoms with Crippen LogP contribution in [0, 0.1) is 10.1 Å². The van der Waals surface area contributed by atoms with Crippen LogP contribution in [0.4, 0.5) is 11.5 Å². The topological polar surface area (TPSA) is 142 Å². The van der Waals surface area contributed by atoms with E-state index in [1.807, 2.05) is 29.6 Å². The number of carbonyl (C=O) groups is 1. The monoisotopic (exact) mass is 478 g/mol. The summed E-state index contributed by atoms with van der Waals surface area (Å²) in [4.78, 5) is 30.5. The zero-order valence-corrected chi connectivity index (χ0v) is 18.7. The van der Waals surface area contributed by atoms with Crippen LogP contribution in [-0.4, -0.2) is 37.6 Å². The van der Waals surface area contributed by atoms with Crippen molar-refractivity contribution >= 4 is 29.0 Å². The van der Waals surface area contributed by atoms with E-state index in [0.29, 0.717) is 12.3 Å². The van der Waals surface area contributed by atoms with Gasteiger partial charge in [-0.15, -0.1) is 5.10 Å². The van der Waals surface area contributed by atoms with Crippen LogP contribution in [0.3, 0.4) is 0 Å². The first-order valence-corrected chi connectivity index (χ1v) is 10.8. The van der Waals surface area contributed by atoms with E-state index in [9.17, 15) is 14.9 Å². The summed E-state index contributed by atoms with van der Waals surface area (Å²) in [5.41, 5.74) is 2.94. The summed E-state index contributed by atoms with van der Waals surface area (Å²) in [7, 11) is 1.31. The Kier molecular flexibility index (Phi) is 6.98. The molecule has 34 heavy (non-hydrogen) atoms. The molecule has 2 heterocycles. The zero-order valence-electron chi connectivity index (χ0n) is 17.9. The molecule has 0 saturated carbocycles. The summed E-state index contributed by atoms with van der Waals surface area (Å²) >= 11 is 1.27. The molecule has 0 atom stereocenters. The van der Waals surface area contributed by atoms with Crippen LogP contribution in [0.15, 0.2) is 60.2 Å². The van der Waals surface area contributed by atoms with Crippen molar-refractivity contribution in [3.63, 3.8) is 0 Å². The molecule has 0 amide bonds. The SMILES string of the molecule is COC(=O)Cc1ccc(Oc2ncnc(NCc3ccc(-c4csnn4)cc3)c2[N+](=O)[O-])cc1. The number of aromatic nitrogens is 4. The van der Waals surface area contributed by atoms with Gasteiger partial charge in [0.15, 0.2) is 0 Å². The molecule has 0 aliphatic carbocycles. The fourth-order valence-electron chi connectivity index (χ4n) is 3.03. The van der Waals surface area contributed by atoms with Crippen LogP contribution < -0.4 is 10.1 Å². The van der Waals surface area contributed by atoms with Gasteiger partial charge < -0.3 is 14.8 Å². The van der Waals surface area contributed by atoms with E-state index in [2.05, 4.69) is 29.6 Å². The summed E-state index contributed by atoms with van der Waals surface area (Å²) in [6.45, 7) is 0.301. The van der Waals surface area contributed by atoms with E-state index in [-0.39, 0.29) is 29.8 Å². The lowest BCUT2D eigenvalue weighted by molar-refractivity contribution is -0.385. The Hall–Kier alpha value is -4.45. The van der Waals surface area contributed by atoms with E-state index in [1.165, 1.54) is 25.0 Å². The number of nitrogens with zero attached hydrogens (tertiary/aromatic N) is 5. The molecule has 11 nitrogen and oxygen atoms in total. The highest BCUT2D eigenvalue weighted by Gasteiger charge is 2.25. The highest BCUT2D eigenvalue weighted by Crippen LogP contribution is 2.34. The van der Waals surface area contributed by atoms with Gasteiger partial charge in [-0.2, -0.15) is 4.98 Å². The summed E-state index contributed by atoms with van der Waals surface area (Å²) in [6.07, 6.45) is 1.30. The van der Waals surface area contributed by atoms with Crippen LogP contribution in [0.5, 0.6) is 11.6 Å². The van der Waals surface area contributed by atoms with Gasteiger partial charge in [-0.3, -0.25) is 14.9 Å². The van der Waals surface area contributed by atoms with Crippen molar-refractivity contribution in [3.05, 3.63) is 81.5 Å². The Morgan fingerprint density at radius 2 is 1.82 bits per heavy atom. The van der Waals surface area contributed by atoms with Crippen molar-refractivity contribution in [3.8, 4) is 22.9 Å². The van der Waals surface area contributed by atoms with Crippen LogP contribution in [0.1, 0.15) is 11.1 Å². The van der Waals surface area contributed by atoms with Gasteiger partial charge in [0.25, 0.3) is 0 Å². The number of methoxy groups -OCH3 is 1. The molecule has 4 aromatic rings. The van der Waals surface area contributed by atoms with E-state index < -0.39 is 4.92 Å². The quantitative estimate of drug-likeness (QED) is 0.213. The lowest BCUT2D eigenvalue weighted by atomic mass is 10.1. The molecule has 4 rings (SSSR count). The third kappa shape index (κ3) is 5.48. The molecule has 0 radical (unpaired) electrons. The molecule has 0 aliphatic heterocycles. The molecule has 2 aromatic carbocycles. The molecule has 12 heteroatoms. The molecule has 0 aliphatic rings. The minimum atomic E-state index is -0.596. The first-order chi connectivity index (χ1) is 16.5. The molecule has 0 saturated heterocycles. The van der Waals surface area contributed by atoms with Gasteiger partial charge >= 0.3 is 17.5 Å². The second-order valence-corrected chi connectivity index (χ2v) is 7.58. The Bertz CT molecular complexity index is 1280. The molecule has 0 unspecified atom stereocenters. The van der Waals surface area contributed by atoms with Crippen molar-refractivity contribution in [1.82, 2.24) is 19.6 Å². The van der Waals surface area contributed by atoms with E-state index >= 15 is 0 Å². The number of anilines is 1. The van der Waals surface area contributed by atoms with Crippen LogP contribution in [-0.2, 0) is 22.5 Å². The van der Waals surface area contributed by atoms with E-state index in [0.717, 1.165) is 22.4 Å². The zero-order chi connectivity index (χ0) is 23.9. The second kappa shape index (κ2) is 10.4. The normalized spacial score (nSPS) is 10.5. The number of esters is 1. The van der Waals surface area contributed by atoms with Crippen molar-refractivity contribution in [2.24, 2.45) is 0 Å². The van der Waals surface area contributed by atoms with Crippen molar-refractivity contribution in [1.29, 1.82) is 0 Å². The third-order valence-electron chi connectivity index (χ3n) is 4.75. The number of hydrogen-bond acceptors (Lipinski definition) is 11. The number of hydrogen-bond donors (Lipinski definition) is 1. The Morgan fingerprint density at radius 3 is 2.47 bits per heavy atom. The number of benzene rings is 2. The Labute approximate surface area is 197 Å². The predicted molar refractivity (Wildman–Crippen MR) is 124 cm³/mol. The highest BCUT2D eigenvalue weighted by molar-refractivity contribution is 7.03. The number of rotatable bonds is 9. The summed E-state index contributed by atoms with van der Waals surface area (Å²) in [6, 6.07) is 14.1. The highest BCUT2D eigenvalue weighted by atomic mass is 32.1. The minimum Gasteiger partial charge on any atom is -0.469 e. The molecular weight excluding hydrogens is 460 g/mol. The molecular formula is C22H18N6O5S. The maximum atomic E-state index is 11.8. The van der Waals surface area contributed by atoms with Crippen molar-refractivity contribution in [2.75, 3.05) is 12.4 Å². The minimum absolute atomic E-state index is 0.0325. The second-order valence-electron chi connectivity index (χ2n) is 6.97. The lowest BCUT2D eigenvalue weighted by Crippen LogP contribution is -2.07. The number of nitro groups is 1. The Balaban J connectivity index is 1.47. The van der Waals surface area contributed by atoms with Gasteiger partial charge in [0.2, 0.25) is 5.82 Å². The predicted octanol–water partition coefficient (Wildman–Crippen LogP) is 4.02. The van der Waals surface area contributed by atoms with Gasteiger partial charge in [-0.05, 0) is 34.8 Å². The fraction of sp³-hybridized carbons (Fsp3) is 0.136. The van der Waals surface area contributed by atoms with Crippen LogP contribution in [0.25, 0.3) is 11.3 Å². The summed E-state index contributed by atoms with van der Waals surface area (Å²) in [5.74, 6) is -0.209. The van der Waals surface area contributed by atoms with Crippen molar-refractivity contribution < 1.29 is 19.2 Å². The largest absolute Gasteiger partial charge is 0.469 e. The first kappa shape index (κ1) is 22.7. The van der Waals surface area contributed by atoms with Crippen LogP contribution in [0.2, 0.25) is 0 Å². The Morgan fingerprint density at radius 1 is 1.09 bits per heavy atom. The molecule has 0 spiro atoms. The molecule has 172 valence electrons. The van der Waals surface area contributed by atoms with Gasteiger partial charge in [0.05, 0.1) is 18.5 Å². The third-order valence-corrected chi connectivity index (χ3v) is 5.26. The van der Waals surface area contributed by atoms with Gasteiger partial charge in [-0.1, -0.05) is 40.9 Å². The smallest absolute Gasteiger partial charge is 0.373 e. The lowest BCUT2D eigenvalue weighted by Gasteiger charge is -2.10. The molecule has 0 fully saturated rings. The maximum Gasteiger partial charge on any atom is 0.373 e. The first-order valence-electron chi connectivity index (χ1n) is 9.96. The average Bonchev–Trinajstić information content (AvgIpc) is 3.39. The average molecular weight is 478 g/mol. The number of ether oxygens (including phenoxy) is 2. The van der Waals surface area contributed by atoms with Crippen molar-refractivity contribution in [2.45, 2.75) is 13.0 Å². The van der Waals surface area contributed by atoms with Gasteiger partial charge in [-0.25, -0.2) is 4.98 Å². The van der Waals surface area contributed by atoms with E-state index in [4.69, 9.17) is 4.74 Å². The number of nitrogens with one attached hydrogen (secondary N) is 1. The molecule has 2 aromatic heterocycles. The maximum absolute atomic E-state index is 11.8. The van der Waals surface area contributed by atoms with Gasteiger partial charge in [0.1, 0.15) is 17.8 Å².